The van der Waals surface area contributed by atoms with Crippen LogP contribution in [0, 0.1) is 0 Å². The Kier molecular flexibility index (Phi) is 7.03. The van der Waals surface area contributed by atoms with Crippen molar-refractivity contribution in [2.75, 3.05) is 13.2 Å². The Morgan fingerprint density at radius 3 is 2.29 bits per heavy atom. The van der Waals surface area contributed by atoms with Gasteiger partial charge >= 0.3 is 5.97 Å². The molecular weight excluding hydrogens is 375 g/mol. The van der Waals surface area contributed by atoms with Crippen molar-refractivity contribution in [2.45, 2.75) is 12.8 Å². The molecule has 4 nitrogen and oxygen atoms in total. The van der Waals surface area contributed by atoms with E-state index in [-0.39, 0.29) is 19.6 Å². The van der Waals surface area contributed by atoms with Gasteiger partial charge < -0.3 is 14.6 Å². The van der Waals surface area contributed by atoms with E-state index in [9.17, 15) is 4.79 Å². The summed E-state index contributed by atoms with van der Waals surface area (Å²) >= 11 is 17.9. The molecule has 128 valence electrons. The Hall–Kier alpha value is -1.62. The van der Waals surface area contributed by atoms with Gasteiger partial charge in [0.1, 0.15) is 19.0 Å². The van der Waals surface area contributed by atoms with Crippen LogP contribution in [-0.4, -0.2) is 24.3 Å². The summed E-state index contributed by atoms with van der Waals surface area (Å²) in [6, 6.07) is 10.4. The zero-order valence-corrected chi connectivity index (χ0v) is 14.9. The molecule has 0 aliphatic carbocycles. The number of aliphatic carboxylic acids is 1. The average Bonchev–Trinajstić information content (AvgIpc) is 2.52. The number of carbonyl (C=O) groups is 1. The van der Waals surface area contributed by atoms with Gasteiger partial charge in [0.25, 0.3) is 0 Å². The second kappa shape index (κ2) is 9.02. The summed E-state index contributed by atoms with van der Waals surface area (Å²) in [6.45, 7) is 0.494. The van der Waals surface area contributed by atoms with E-state index in [1.165, 1.54) is 0 Å². The fourth-order valence-corrected chi connectivity index (χ4v) is 2.98. The molecule has 2 aromatic rings. The highest BCUT2D eigenvalue weighted by Crippen LogP contribution is 2.35. The van der Waals surface area contributed by atoms with Crippen molar-refractivity contribution in [1.29, 1.82) is 0 Å². The molecule has 0 spiro atoms. The first-order valence-electron chi connectivity index (χ1n) is 7.17. The van der Waals surface area contributed by atoms with Crippen LogP contribution < -0.4 is 9.47 Å². The van der Waals surface area contributed by atoms with Crippen LogP contribution in [0.2, 0.25) is 15.1 Å². The first-order valence-corrected chi connectivity index (χ1v) is 8.30. The maximum atomic E-state index is 10.7. The molecule has 2 rings (SSSR count). The second-order valence-corrected chi connectivity index (χ2v) is 6.15. The zero-order valence-electron chi connectivity index (χ0n) is 12.6. The number of rotatable bonds is 8. The van der Waals surface area contributed by atoms with Gasteiger partial charge in [-0.1, -0.05) is 53.0 Å². The fourth-order valence-electron chi connectivity index (χ4n) is 2.05. The van der Waals surface area contributed by atoms with Crippen LogP contribution in [0.5, 0.6) is 11.5 Å². The maximum Gasteiger partial charge on any atom is 0.303 e. The number of benzene rings is 2. The molecule has 0 atom stereocenters. The minimum absolute atomic E-state index is 0.0485. The SMILES string of the molecule is O=C(O)CCc1ccccc1OCCOc1c(Cl)cc(Cl)cc1Cl. The minimum atomic E-state index is -0.847. The number of hydrogen-bond donors (Lipinski definition) is 1. The molecule has 1 N–H and O–H groups in total. The molecule has 0 aliphatic heterocycles. The largest absolute Gasteiger partial charge is 0.490 e. The van der Waals surface area contributed by atoms with Crippen molar-refractivity contribution >= 4 is 40.8 Å². The van der Waals surface area contributed by atoms with Crippen molar-refractivity contribution in [3.63, 3.8) is 0 Å². The molecule has 24 heavy (non-hydrogen) atoms. The van der Waals surface area contributed by atoms with Crippen LogP contribution >= 0.6 is 34.8 Å². The van der Waals surface area contributed by atoms with Crippen molar-refractivity contribution in [1.82, 2.24) is 0 Å². The molecule has 0 heterocycles. The summed E-state index contributed by atoms with van der Waals surface area (Å²) in [4.78, 5) is 10.7. The van der Waals surface area contributed by atoms with Crippen LogP contribution in [0.3, 0.4) is 0 Å². The van der Waals surface area contributed by atoms with Crippen LogP contribution in [0.4, 0.5) is 0 Å². The van der Waals surface area contributed by atoms with Gasteiger partial charge in [-0.2, -0.15) is 0 Å². The topological polar surface area (TPSA) is 55.8 Å². The highest BCUT2D eigenvalue weighted by molar-refractivity contribution is 6.40. The lowest BCUT2D eigenvalue weighted by atomic mass is 10.1. The first-order chi connectivity index (χ1) is 11.5. The quantitative estimate of drug-likeness (QED) is 0.637. The third-order valence-corrected chi connectivity index (χ3v) is 3.91. The van der Waals surface area contributed by atoms with Crippen molar-refractivity contribution in [3.8, 4) is 11.5 Å². The lowest BCUT2D eigenvalue weighted by molar-refractivity contribution is -0.136. The lowest BCUT2D eigenvalue weighted by Gasteiger charge is -2.13. The van der Waals surface area contributed by atoms with Crippen LogP contribution in [0.1, 0.15) is 12.0 Å². The Morgan fingerprint density at radius 1 is 1.00 bits per heavy atom. The standard InChI is InChI=1S/C17H15Cl3O4/c18-12-9-13(19)17(14(20)10-12)24-8-7-23-15-4-2-1-3-11(15)5-6-16(21)22/h1-4,9-10H,5-8H2,(H,21,22). The van der Waals surface area contributed by atoms with Crippen molar-refractivity contribution < 1.29 is 19.4 Å². The number of aryl methyl sites for hydroxylation is 1. The van der Waals surface area contributed by atoms with Crippen LogP contribution in [0.15, 0.2) is 36.4 Å². The molecular formula is C17H15Cl3O4. The molecule has 7 heteroatoms. The first kappa shape index (κ1) is 18.7. The molecule has 0 aromatic heterocycles. The van der Waals surface area contributed by atoms with Gasteiger partial charge in [0.2, 0.25) is 0 Å². The van der Waals surface area contributed by atoms with Gasteiger partial charge in [-0.25, -0.2) is 0 Å². The van der Waals surface area contributed by atoms with Gasteiger partial charge in [-0.3, -0.25) is 4.79 Å². The number of carboxylic acids is 1. The number of ether oxygens (including phenoxy) is 2. The van der Waals surface area contributed by atoms with Gasteiger partial charge in [0.15, 0.2) is 5.75 Å². The fraction of sp³-hybridized carbons (Fsp3) is 0.235. The molecule has 0 bridgehead atoms. The summed E-state index contributed by atoms with van der Waals surface area (Å²) in [5, 5.41) is 9.87. The predicted molar refractivity (Wildman–Crippen MR) is 94.9 cm³/mol. The molecule has 0 fully saturated rings. The molecule has 0 saturated carbocycles. The van der Waals surface area contributed by atoms with E-state index >= 15 is 0 Å². The van der Waals surface area contributed by atoms with E-state index in [0.717, 1.165) is 5.56 Å². The molecule has 2 aromatic carbocycles. The second-order valence-electron chi connectivity index (χ2n) is 4.90. The predicted octanol–water partition coefficient (Wildman–Crippen LogP) is 5.12. The zero-order chi connectivity index (χ0) is 17.5. The molecule has 0 radical (unpaired) electrons. The van der Waals surface area contributed by atoms with Gasteiger partial charge in [0.05, 0.1) is 10.0 Å². The summed E-state index contributed by atoms with van der Waals surface area (Å²) in [7, 11) is 0. The molecule has 0 amide bonds. The van der Waals surface area contributed by atoms with E-state index in [2.05, 4.69) is 0 Å². The smallest absolute Gasteiger partial charge is 0.303 e. The Balaban J connectivity index is 1.90. The monoisotopic (exact) mass is 388 g/mol. The third kappa shape index (κ3) is 5.48. The summed E-state index contributed by atoms with van der Waals surface area (Å²) in [5.41, 5.74) is 0.836. The highest BCUT2D eigenvalue weighted by Gasteiger charge is 2.10. The molecule has 0 aliphatic rings. The molecule has 0 unspecified atom stereocenters. The number of halogens is 3. The Bertz CT molecular complexity index is 696. The minimum Gasteiger partial charge on any atom is -0.490 e. The number of hydrogen-bond acceptors (Lipinski definition) is 3. The van der Waals surface area contributed by atoms with Crippen LogP contribution in [-0.2, 0) is 11.2 Å². The van der Waals surface area contributed by atoms with E-state index in [4.69, 9.17) is 49.4 Å². The molecule has 0 saturated heterocycles. The Morgan fingerprint density at radius 2 is 1.62 bits per heavy atom. The van der Waals surface area contributed by atoms with E-state index in [1.807, 2.05) is 18.2 Å². The third-order valence-electron chi connectivity index (χ3n) is 3.13. The van der Waals surface area contributed by atoms with E-state index in [1.54, 1.807) is 18.2 Å². The van der Waals surface area contributed by atoms with E-state index < -0.39 is 5.97 Å². The average molecular weight is 390 g/mol. The summed E-state index contributed by atoms with van der Waals surface area (Å²) in [6.07, 6.45) is 0.452. The van der Waals surface area contributed by atoms with Crippen molar-refractivity contribution in [3.05, 3.63) is 57.0 Å². The normalized spacial score (nSPS) is 10.5. The van der Waals surface area contributed by atoms with Gasteiger partial charge in [-0.15, -0.1) is 0 Å². The maximum absolute atomic E-state index is 10.7. The lowest BCUT2D eigenvalue weighted by Crippen LogP contribution is -2.10. The van der Waals surface area contributed by atoms with E-state index in [0.29, 0.717) is 33.0 Å². The van der Waals surface area contributed by atoms with Gasteiger partial charge in [0, 0.05) is 11.4 Å². The highest BCUT2D eigenvalue weighted by atomic mass is 35.5. The van der Waals surface area contributed by atoms with Gasteiger partial charge in [-0.05, 0) is 30.2 Å². The van der Waals surface area contributed by atoms with Crippen molar-refractivity contribution in [2.24, 2.45) is 0 Å². The number of carboxylic acid groups (broad SMARTS) is 1. The summed E-state index contributed by atoms with van der Waals surface area (Å²) in [5.74, 6) is 0.140. The summed E-state index contributed by atoms with van der Waals surface area (Å²) < 4.78 is 11.2. The Labute approximate surface area is 154 Å². The van der Waals surface area contributed by atoms with Crippen LogP contribution in [0.25, 0.3) is 0 Å². The number of para-hydroxylation sites is 1.